The maximum Gasteiger partial charge on any atom is 0.282 e. The molecule has 8 heteroatoms. The van der Waals surface area contributed by atoms with Crippen molar-refractivity contribution in [1.29, 1.82) is 0 Å². The van der Waals surface area contributed by atoms with E-state index in [4.69, 9.17) is 0 Å². The van der Waals surface area contributed by atoms with Crippen molar-refractivity contribution in [2.75, 3.05) is 18.8 Å². The van der Waals surface area contributed by atoms with Crippen LogP contribution in [-0.4, -0.2) is 43.1 Å². The molecule has 1 aromatic carbocycles. The predicted octanol–water partition coefficient (Wildman–Crippen LogP) is 3.36. The third-order valence-electron chi connectivity index (χ3n) is 4.36. The summed E-state index contributed by atoms with van der Waals surface area (Å²) in [5.41, 5.74) is 0.801. The van der Waals surface area contributed by atoms with Gasteiger partial charge in [0.1, 0.15) is 0 Å². The summed E-state index contributed by atoms with van der Waals surface area (Å²) in [6.45, 7) is 0.648. The van der Waals surface area contributed by atoms with Crippen molar-refractivity contribution in [2.24, 2.45) is 0 Å². The van der Waals surface area contributed by atoms with E-state index in [1.165, 1.54) is 22.7 Å². The average Bonchev–Trinajstić information content (AvgIpc) is 3.23. The van der Waals surface area contributed by atoms with E-state index < -0.39 is 15.1 Å². The Hall–Kier alpha value is -1.77. The van der Waals surface area contributed by atoms with Crippen LogP contribution in [0.3, 0.4) is 0 Å². The molecule has 3 aromatic rings. The second kappa shape index (κ2) is 6.51. The van der Waals surface area contributed by atoms with Crippen molar-refractivity contribution in [1.82, 2.24) is 9.88 Å². The molecule has 1 aliphatic rings. The first-order valence-electron chi connectivity index (χ1n) is 7.94. The summed E-state index contributed by atoms with van der Waals surface area (Å²) in [7, 11) is -3.26. The maximum absolute atomic E-state index is 12.8. The van der Waals surface area contributed by atoms with Crippen molar-refractivity contribution in [3.05, 3.63) is 51.7 Å². The second-order valence-corrected chi connectivity index (χ2v) is 10.3. The van der Waals surface area contributed by atoms with Crippen molar-refractivity contribution in [2.45, 2.75) is 11.7 Å². The molecule has 4 rings (SSSR count). The number of hydrogen-bond acceptors (Lipinski definition) is 6. The van der Waals surface area contributed by atoms with E-state index in [0.717, 1.165) is 15.1 Å². The van der Waals surface area contributed by atoms with E-state index in [9.17, 15) is 13.2 Å². The molecule has 1 atom stereocenters. The lowest BCUT2D eigenvalue weighted by molar-refractivity contribution is 0.0766. The van der Waals surface area contributed by atoms with E-state index in [0.29, 0.717) is 18.0 Å². The first kappa shape index (κ1) is 16.7. The number of thiophene rings is 1. The molecule has 0 N–H and O–H groups in total. The van der Waals surface area contributed by atoms with Crippen LogP contribution in [0.25, 0.3) is 10.2 Å². The highest BCUT2D eigenvalue weighted by Gasteiger charge is 2.34. The Bertz CT molecular complexity index is 976. The molecule has 1 amide bonds. The van der Waals surface area contributed by atoms with Gasteiger partial charge in [-0.1, -0.05) is 18.2 Å². The Morgan fingerprint density at radius 1 is 1.16 bits per heavy atom. The third kappa shape index (κ3) is 3.21. The fourth-order valence-electron chi connectivity index (χ4n) is 3.04. The molecule has 5 nitrogen and oxygen atoms in total. The number of para-hydroxylation sites is 1. The molecule has 0 saturated carbocycles. The third-order valence-corrected chi connectivity index (χ3v) is 8.63. The molecular formula is C17H16N2O3S3. The number of hydrogen-bond donors (Lipinski definition) is 0. The fourth-order valence-corrected chi connectivity index (χ4v) is 6.98. The normalized spacial score (nSPS) is 20.5. The van der Waals surface area contributed by atoms with Gasteiger partial charge in [0.2, 0.25) is 0 Å². The van der Waals surface area contributed by atoms with Gasteiger partial charge in [-0.25, -0.2) is 13.4 Å². The number of carbonyl (C=O) groups excluding carboxylic acids is 1. The van der Waals surface area contributed by atoms with Crippen molar-refractivity contribution in [3.8, 4) is 0 Å². The molecule has 3 heterocycles. The smallest absolute Gasteiger partial charge is 0.282 e. The van der Waals surface area contributed by atoms with Crippen molar-refractivity contribution >= 4 is 48.6 Å². The maximum atomic E-state index is 12.8. The molecule has 0 aliphatic carbocycles. The van der Waals surface area contributed by atoms with Crippen LogP contribution >= 0.6 is 22.7 Å². The first-order valence-corrected chi connectivity index (χ1v) is 11.4. The van der Waals surface area contributed by atoms with Gasteiger partial charge in [-0.3, -0.25) is 4.79 Å². The zero-order chi connectivity index (χ0) is 17.4. The van der Waals surface area contributed by atoms with Crippen LogP contribution in [0.4, 0.5) is 0 Å². The molecule has 0 radical (unpaired) electrons. The lowest BCUT2D eigenvalue weighted by Crippen LogP contribution is -2.33. The van der Waals surface area contributed by atoms with Crippen LogP contribution in [0.5, 0.6) is 0 Å². The van der Waals surface area contributed by atoms with Gasteiger partial charge in [-0.05, 0) is 30.0 Å². The molecule has 0 bridgehead atoms. The summed E-state index contributed by atoms with van der Waals surface area (Å²) in [6, 6.07) is 11.3. The number of amides is 1. The molecule has 2 aromatic heterocycles. The lowest BCUT2D eigenvalue weighted by atomic mass is 10.2. The van der Waals surface area contributed by atoms with E-state index in [2.05, 4.69) is 4.98 Å². The van der Waals surface area contributed by atoms with Crippen LogP contribution in [0, 0.1) is 0 Å². The zero-order valence-electron chi connectivity index (χ0n) is 13.3. The number of rotatable bonds is 2. The molecule has 130 valence electrons. The van der Waals surface area contributed by atoms with E-state index in [-0.39, 0.29) is 18.2 Å². The molecule has 1 unspecified atom stereocenters. The summed E-state index contributed by atoms with van der Waals surface area (Å²) in [5.74, 6) is -0.185. The summed E-state index contributed by atoms with van der Waals surface area (Å²) >= 11 is 2.81. The number of benzene rings is 1. The molecule has 1 saturated heterocycles. The van der Waals surface area contributed by atoms with Crippen LogP contribution < -0.4 is 0 Å². The van der Waals surface area contributed by atoms with Gasteiger partial charge >= 0.3 is 0 Å². The SMILES string of the molecule is O=C(c1nc2ccccc2s1)N1CCC(c2cccs2)S(=O)(=O)CC1. The highest BCUT2D eigenvalue weighted by Crippen LogP contribution is 2.33. The summed E-state index contributed by atoms with van der Waals surface area (Å²) in [6.07, 6.45) is 0.430. The highest BCUT2D eigenvalue weighted by atomic mass is 32.2. The second-order valence-electron chi connectivity index (χ2n) is 5.94. The van der Waals surface area contributed by atoms with Gasteiger partial charge < -0.3 is 4.90 Å². The number of carbonyl (C=O) groups is 1. The molecular weight excluding hydrogens is 376 g/mol. The van der Waals surface area contributed by atoms with Crippen LogP contribution in [0.15, 0.2) is 41.8 Å². The minimum atomic E-state index is -3.26. The van der Waals surface area contributed by atoms with E-state index >= 15 is 0 Å². The van der Waals surface area contributed by atoms with Gasteiger partial charge in [-0.15, -0.1) is 22.7 Å². The summed E-state index contributed by atoms with van der Waals surface area (Å²) in [4.78, 5) is 19.7. The number of fused-ring (bicyclic) bond motifs is 1. The van der Waals surface area contributed by atoms with Crippen molar-refractivity contribution in [3.63, 3.8) is 0 Å². The summed E-state index contributed by atoms with van der Waals surface area (Å²) < 4.78 is 26.2. The molecule has 25 heavy (non-hydrogen) atoms. The fraction of sp³-hybridized carbons (Fsp3) is 0.294. The molecule has 0 spiro atoms. The van der Waals surface area contributed by atoms with Gasteiger partial charge in [0.15, 0.2) is 14.8 Å². The Morgan fingerprint density at radius 2 is 2.00 bits per heavy atom. The Balaban J connectivity index is 1.58. The van der Waals surface area contributed by atoms with Gasteiger partial charge in [-0.2, -0.15) is 0 Å². The number of sulfone groups is 1. The van der Waals surface area contributed by atoms with Crippen molar-refractivity contribution < 1.29 is 13.2 Å². The quantitative estimate of drug-likeness (QED) is 0.671. The lowest BCUT2D eigenvalue weighted by Gasteiger charge is -2.18. The monoisotopic (exact) mass is 392 g/mol. The molecule has 1 fully saturated rings. The number of nitrogens with zero attached hydrogens (tertiary/aromatic N) is 2. The van der Waals surface area contributed by atoms with Gasteiger partial charge in [0, 0.05) is 18.0 Å². The summed E-state index contributed by atoms with van der Waals surface area (Å²) in [5, 5.41) is 1.80. The topological polar surface area (TPSA) is 67.3 Å². The number of aromatic nitrogens is 1. The number of thiazole rings is 1. The van der Waals surface area contributed by atoms with Crippen LogP contribution in [0.1, 0.15) is 26.4 Å². The molecule has 1 aliphatic heterocycles. The average molecular weight is 393 g/mol. The zero-order valence-corrected chi connectivity index (χ0v) is 15.7. The first-order chi connectivity index (χ1) is 12.0. The Labute approximate surface area is 153 Å². The minimum Gasteiger partial charge on any atom is -0.336 e. The predicted molar refractivity (Wildman–Crippen MR) is 101 cm³/mol. The standard InChI is InChI=1S/C17H16N2O3S3/c20-17(16-18-12-4-1-2-5-13(12)24-16)19-8-7-15(14-6-3-10-23-14)25(21,22)11-9-19/h1-6,10,15H,7-9,11H2. The van der Waals surface area contributed by atoms with E-state index in [1.807, 2.05) is 41.8 Å². The van der Waals surface area contributed by atoms with Gasteiger partial charge in [0.25, 0.3) is 5.91 Å². The van der Waals surface area contributed by atoms with Crippen LogP contribution in [-0.2, 0) is 9.84 Å². The Kier molecular flexibility index (Phi) is 4.35. The van der Waals surface area contributed by atoms with E-state index in [1.54, 1.807) is 4.90 Å². The Morgan fingerprint density at radius 3 is 2.76 bits per heavy atom. The largest absolute Gasteiger partial charge is 0.336 e. The minimum absolute atomic E-state index is 0.00774. The highest BCUT2D eigenvalue weighted by molar-refractivity contribution is 7.91. The van der Waals surface area contributed by atoms with Gasteiger partial charge in [0.05, 0.1) is 21.2 Å². The van der Waals surface area contributed by atoms with Crippen LogP contribution in [0.2, 0.25) is 0 Å².